The van der Waals surface area contributed by atoms with Gasteiger partial charge in [0.1, 0.15) is 17.0 Å². The number of hydrogen-bond donors (Lipinski definition) is 1. The van der Waals surface area contributed by atoms with Crippen molar-refractivity contribution in [3.8, 4) is 22.6 Å². The molecule has 0 aliphatic heterocycles. The zero-order valence-electron chi connectivity index (χ0n) is 12.9. The van der Waals surface area contributed by atoms with Crippen molar-refractivity contribution in [1.82, 2.24) is 9.78 Å². The van der Waals surface area contributed by atoms with Crippen molar-refractivity contribution >= 4 is 16.9 Å². The highest BCUT2D eigenvalue weighted by molar-refractivity contribution is 5.88. The van der Waals surface area contributed by atoms with E-state index in [1.54, 1.807) is 13.1 Å². The molecule has 0 aliphatic carbocycles. The Labute approximate surface area is 137 Å². The molecule has 5 nitrogen and oxygen atoms in total. The summed E-state index contributed by atoms with van der Waals surface area (Å²) < 4.78 is 7.26. The van der Waals surface area contributed by atoms with Gasteiger partial charge in [0.05, 0.1) is 5.69 Å². The summed E-state index contributed by atoms with van der Waals surface area (Å²) in [6.07, 6.45) is 0. The first-order valence-electron chi connectivity index (χ1n) is 7.48. The van der Waals surface area contributed by atoms with Gasteiger partial charge < -0.3 is 9.52 Å². The Bertz CT molecular complexity index is 1030. The highest BCUT2D eigenvalue weighted by Gasteiger charge is 2.14. The van der Waals surface area contributed by atoms with Gasteiger partial charge in [0, 0.05) is 23.6 Å². The van der Waals surface area contributed by atoms with Gasteiger partial charge in [-0.25, -0.2) is 4.79 Å². The average molecular weight is 318 g/mol. The summed E-state index contributed by atoms with van der Waals surface area (Å²) in [7, 11) is 1.62. The van der Waals surface area contributed by atoms with Gasteiger partial charge in [0.2, 0.25) is 0 Å². The van der Waals surface area contributed by atoms with E-state index >= 15 is 0 Å². The molecular weight excluding hydrogens is 304 g/mol. The standard InChI is InChI=1S/C19H14N2O3/c1-21-16(19(22)23)11-15(20-21)12-6-4-7-13(9-12)18-10-14-5-2-3-8-17(14)24-18/h2-11H,1H3,(H,22,23). The zero-order valence-corrected chi connectivity index (χ0v) is 12.9. The maximum Gasteiger partial charge on any atom is 0.354 e. The van der Waals surface area contributed by atoms with E-state index in [-0.39, 0.29) is 5.69 Å². The van der Waals surface area contributed by atoms with E-state index in [9.17, 15) is 4.79 Å². The highest BCUT2D eigenvalue weighted by atomic mass is 16.4. The summed E-state index contributed by atoms with van der Waals surface area (Å²) in [4.78, 5) is 11.2. The molecule has 1 N–H and O–H groups in total. The molecule has 0 atom stereocenters. The number of aromatic nitrogens is 2. The first-order chi connectivity index (χ1) is 11.6. The number of carboxylic acids is 1. The number of carbonyl (C=O) groups is 1. The average Bonchev–Trinajstić information content (AvgIpc) is 3.18. The molecule has 0 fully saturated rings. The number of benzene rings is 2. The summed E-state index contributed by atoms with van der Waals surface area (Å²) in [6, 6.07) is 19.1. The number of fused-ring (bicyclic) bond motifs is 1. The minimum atomic E-state index is -0.996. The number of carboxylic acid groups (broad SMARTS) is 1. The lowest BCUT2D eigenvalue weighted by atomic mass is 10.1. The molecular formula is C19H14N2O3. The minimum Gasteiger partial charge on any atom is -0.477 e. The van der Waals surface area contributed by atoms with Crippen molar-refractivity contribution in [2.24, 2.45) is 7.05 Å². The van der Waals surface area contributed by atoms with Gasteiger partial charge in [-0.2, -0.15) is 5.10 Å². The molecule has 0 bridgehead atoms. The largest absolute Gasteiger partial charge is 0.477 e. The van der Waals surface area contributed by atoms with E-state index in [0.29, 0.717) is 5.69 Å². The normalized spacial score (nSPS) is 11.0. The Hall–Kier alpha value is -3.34. The van der Waals surface area contributed by atoms with E-state index in [2.05, 4.69) is 5.10 Å². The lowest BCUT2D eigenvalue weighted by Crippen LogP contribution is -2.04. The van der Waals surface area contributed by atoms with Gasteiger partial charge in [0.25, 0.3) is 0 Å². The van der Waals surface area contributed by atoms with Gasteiger partial charge in [0.15, 0.2) is 0 Å². The summed E-state index contributed by atoms with van der Waals surface area (Å²) in [5.74, 6) is -0.225. The molecule has 0 unspecified atom stereocenters. The topological polar surface area (TPSA) is 68.3 Å². The van der Waals surface area contributed by atoms with Gasteiger partial charge in [-0.1, -0.05) is 36.4 Å². The first kappa shape index (κ1) is 14.3. The molecule has 2 aromatic heterocycles. The van der Waals surface area contributed by atoms with Crippen molar-refractivity contribution in [3.05, 3.63) is 66.4 Å². The summed E-state index contributed by atoms with van der Waals surface area (Å²) in [6.45, 7) is 0. The molecule has 0 saturated carbocycles. The van der Waals surface area contributed by atoms with Crippen molar-refractivity contribution < 1.29 is 14.3 Å². The number of rotatable bonds is 3. The van der Waals surface area contributed by atoms with E-state index in [4.69, 9.17) is 9.52 Å². The predicted octanol–water partition coefficient (Wildman–Crippen LogP) is 4.20. The lowest BCUT2D eigenvalue weighted by molar-refractivity contribution is 0.0685. The summed E-state index contributed by atoms with van der Waals surface area (Å²) >= 11 is 0. The molecule has 0 saturated heterocycles. The fourth-order valence-electron chi connectivity index (χ4n) is 2.76. The molecule has 4 aromatic rings. The van der Waals surface area contributed by atoms with Crippen LogP contribution in [0.1, 0.15) is 10.5 Å². The lowest BCUT2D eigenvalue weighted by Gasteiger charge is -2.00. The maximum absolute atomic E-state index is 11.2. The van der Waals surface area contributed by atoms with Gasteiger partial charge >= 0.3 is 5.97 Å². The number of para-hydroxylation sites is 1. The van der Waals surface area contributed by atoms with E-state index in [0.717, 1.165) is 27.9 Å². The van der Waals surface area contributed by atoms with Crippen molar-refractivity contribution in [1.29, 1.82) is 0 Å². The van der Waals surface area contributed by atoms with Gasteiger partial charge in [-0.15, -0.1) is 0 Å². The van der Waals surface area contributed by atoms with Crippen LogP contribution in [-0.4, -0.2) is 20.9 Å². The molecule has 2 heterocycles. The van der Waals surface area contributed by atoms with Crippen LogP contribution in [0.3, 0.4) is 0 Å². The highest BCUT2D eigenvalue weighted by Crippen LogP contribution is 2.30. The van der Waals surface area contributed by atoms with Crippen molar-refractivity contribution in [2.75, 3.05) is 0 Å². The Morgan fingerprint density at radius 3 is 2.58 bits per heavy atom. The van der Waals surface area contributed by atoms with Crippen LogP contribution in [0.4, 0.5) is 0 Å². The van der Waals surface area contributed by atoms with E-state index in [1.807, 2.05) is 54.6 Å². The molecule has 24 heavy (non-hydrogen) atoms. The third-order valence-corrected chi connectivity index (χ3v) is 3.97. The maximum atomic E-state index is 11.2. The third kappa shape index (κ3) is 2.36. The van der Waals surface area contributed by atoms with Crippen LogP contribution >= 0.6 is 0 Å². The van der Waals surface area contributed by atoms with E-state index in [1.165, 1.54) is 4.68 Å². The molecule has 0 radical (unpaired) electrons. The second kappa shape index (κ2) is 5.38. The fourth-order valence-corrected chi connectivity index (χ4v) is 2.76. The van der Waals surface area contributed by atoms with Crippen LogP contribution in [0.25, 0.3) is 33.6 Å². The summed E-state index contributed by atoms with van der Waals surface area (Å²) in [5.41, 5.74) is 3.37. The second-order valence-electron chi connectivity index (χ2n) is 5.57. The van der Waals surface area contributed by atoms with Gasteiger partial charge in [-0.3, -0.25) is 4.68 Å². The Morgan fingerprint density at radius 2 is 1.83 bits per heavy atom. The van der Waals surface area contributed by atoms with Crippen molar-refractivity contribution in [2.45, 2.75) is 0 Å². The van der Waals surface area contributed by atoms with Crippen LogP contribution in [0, 0.1) is 0 Å². The number of nitrogens with zero attached hydrogens (tertiary/aromatic N) is 2. The Kier molecular flexibility index (Phi) is 3.20. The molecule has 5 heteroatoms. The molecule has 0 spiro atoms. The van der Waals surface area contributed by atoms with Crippen LogP contribution in [-0.2, 0) is 7.05 Å². The van der Waals surface area contributed by atoms with Crippen LogP contribution < -0.4 is 0 Å². The van der Waals surface area contributed by atoms with Crippen molar-refractivity contribution in [3.63, 3.8) is 0 Å². The van der Waals surface area contributed by atoms with E-state index < -0.39 is 5.97 Å². The molecule has 0 aliphatic rings. The predicted molar refractivity (Wildman–Crippen MR) is 90.8 cm³/mol. The Balaban J connectivity index is 1.78. The number of furan rings is 1. The monoisotopic (exact) mass is 318 g/mol. The SMILES string of the molecule is Cn1nc(-c2cccc(-c3cc4ccccc4o3)c2)cc1C(=O)O. The first-order valence-corrected chi connectivity index (χ1v) is 7.48. The Morgan fingerprint density at radius 1 is 1.04 bits per heavy atom. The van der Waals surface area contributed by atoms with Crippen LogP contribution in [0.15, 0.2) is 65.1 Å². The number of hydrogen-bond acceptors (Lipinski definition) is 3. The number of aromatic carboxylic acids is 1. The molecule has 4 rings (SSSR count). The zero-order chi connectivity index (χ0) is 16.7. The minimum absolute atomic E-state index is 0.152. The fraction of sp³-hybridized carbons (Fsp3) is 0.0526. The second-order valence-corrected chi connectivity index (χ2v) is 5.57. The quantitative estimate of drug-likeness (QED) is 0.615. The summed E-state index contributed by atoms with van der Waals surface area (Å²) in [5, 5.41) is 14.5. The molecule has 2 aromatic carbocycles. The van der Waals surface area contributed by atoms with Crippen LogP contribution in [0.5, 0.6) is 0 Å². The molecule has 118 valence electrons. The van der Waals surface area contributed by atoms with Gasteiger partial charge in [-0.05, 0) is 24.3 Å². The molecule has 0 amide bonds. The number of aryl methyl sites for hydroxylation is 1. The van der Waals surface area contributed by atoms with Crippen LogP contribution in [0.2, 0.25) is 0 Å². The third-order valence-electron chi connectivity index (χ3n) is 3.97. The smallest absolute Gasteiger partial charge is 0.354 e.